The monoisotopic (exact) mass is 195 g/mol. The Balaban J connectivity index is 1.82. The van der Waals surface area contributed by atoms with Crippen molar-refractivity contribution in [3.8, 4) is 0 Å². The smallest absolute Gasteiger partial charge is 0.0386 e. The van der Waals surface area contributed by atoms with Gasteiger partial charge in [0.05, 0.1) is 0 Å². The van der Waals surface area contributed by atoms with E-state index in [1.165, 1.54) is 24.3 Å². The molecule has 2 heteroatoms. The molecule has 0 aliphatic heterocycles. The van der Waals surface area contributed by atoms with Crippen molar-refractivity contribution in [1.29, 1.82) is 0 Å². The van der Waals surface area contributed by atoms with E-state index in [0.29, 0.717) is 11.5 Å². The van der Waals surface area contributed by atoms with Crippen LogP contribution in [0.4, 0.5) is 0 Å². The summed E-state index contributed by atoms with van der Waals surface area (Å²) in [5, 5.41) is 5.74. The van der Waals surface area contributed by atoms with E-state index < -0.39 is 0 Å². The fourth-order valence-corrected chi connectivity index (χ4v) is 2.19. The highest BCUT2D eigenvalue weighted by Crippen LogP contribution is 2.44. The van der Waals surface area contributed by atoms with Crippen LogP contribution >= 0.6 is 11.3 Å². The van der Waals surface area contributed by atoms with E-state index in [4.69, 9.17) is 0 Å². The van der Waals surface area contributed by atoms with Crippen LogP contribution < -0.4 is 5.32 Å². The maximum absolute atomic E-state index is 3.60. The van der Waals surface area contributed by atoms with Crippen molar-refractivity contribution in [3.63, 3.8) is 0 Å². The van der Waals surface area contributed by atoms with Gasteiger partial charge in [0.15, 0.2) is 0 Å². The Kier molecular flexibility index (Phi) is 2.43. The van der Waals surface area contributed by atoms with Crippen LogP contribution in [0, 0.1) is 5.41 Å². The molecule has 0 saturated heterocycles. The van der Waals surface area contributed by atoms with Gasteiger partial charge in [-0.1, -0.05) is 13.0 Å². The molecule has 13 heavy (non-hydrogen) atoms. The van der Waals surface area contributed by atoms with Crippen LogP contribution in [0.5, 0.6) is 0 Å². The van der Waals surface area contributed by atoms with Gasteiger partial charge in [-0.05, 0) is 36.6 Å². The molecular weight excluding hydrogens is 178 g/mol. The lowest BCUT2D eigenvalue weighted by atomic mass is 10.1. The Hall–Kier alpha value is -0.340. The maximum Gasteiger partial charge on any atom is 0.0386 e. The third kappa shape index (κ3) is 2.32. The van der Waals surface area contributed by atoms with Gasteiger partial charge in [-0.15, -0.1) is 11.3 Å². The SMILES string of the molecule is CC(NCC1(C)CC1)c1cccs1. The first-order valence-corrected chi connectivity index (χ1v) is 5.84. The molecule has 1 fully saturated rings. The van der Waals surface area contributed by atoms with Crippen LogP contribution in [0.2, 0.25) is 0 Å². The van der Waals surface area contributed by atoms with E-state index in [1.807, 2.05) is 11.3 Å². The Morgan fingerprint density at radius 2 is 2.38 bits per heavy atom. The molecule has 1 atom stereocenters. The normalized spacial score (nSPS) is 21.4. The highest BCUT2D eigenvalue weighted by atomic mass is 32.1. The van der Waals surface area contributed by atoms with E-state index in [0.717, 1.165) is 0 Å². The van der Waals surface area contributed by atoms with Crippen molar-refractivity contribution in [2.75, 3.05) is 6.54 Å². The van der Waals surface area contributed by atoms with E-state index in [9.17, 15) is 0 Å². The molecule has 1 N–H and O–H groups in total. The lowest BCUT2D eigenvalue weighted by molar-refractivity contribution is 0.460. The van der Waals surface area contributed by atoms with Crippen LogP contribution in [0.3, 0.4) is 0 Å². The molecule has 1 aliphatic rings. The van der Waals surface area contributed by atoms with Gasteiger partial charge >= 0.3 is 0 Å². The third-order valence-electron chi connectivity index (χ3n) is 2.91. The Morgan fingerprint density at radius 3 is 2.92 bits per heavy atom. The molecule has 0 amide bonds. The summed E-state index contributed by atoms with van der Waals surface area (Å²) in [6.07, 6.45) is 2.80. The van der Waals surface area contributed by atoms with Gasteiger partial charge in [-0.25, -0.2) is 0 Å². The van der Waals surface area contributed by atoms with Crippen molar-refractivity contribution in [1.82, 2.24) is 5.32 Å². The Bertz CT molecular complexity index is 262. The number of thiophene rings is 1. The van der Waals surface area contributed by atoms with Crippen molar-refractivity contribution < 1.29 is 0 Å². The summed E-state index contributed by atoms with van der Waals surface area (Å²) in [4.78, 5) is 1.45. The second-order valence-corrected chi connectivity index (χ2v) is 5.41. The average molecular weight is 195 g/mol. The van der Waals surface area contributed by atoms with Crippen molar-refractivity contribution in [3.05, 3.63) is 22.4 Å². The molecule has 0 aromatic carbocycles. The number of hydrogen-bond acceptors (Lipinski definition) is 2. The quantitative estimate of drug-likeness (QED) is 0.778. The maximum atomic E-state index is 3.60. The highest BCUT2D eigenvalue weighted by molar-refractivity contribution is 7.10. The fourth-order valence-electron chi connectivity index (χ4n) is 1.43. The molecule has 1 unspecified atom stereocenters. The van der Waals surface area contributed by atoms with Gasteiger partial charge < -0.3 is 5.32 Å². The van der Waals surface area contributed by atoms with E-state index >= 15 is 0 Å². The zero-order valence-electron chi connectivity index (χ0n) is 8.34. The predicted molar refractivity (Wildman–Crippen MR) is 58.1 cm³/mol. The zero-order chi connectivity index (χ0) is 9.31. The summed E-state index contributed by atoms with van der Waals surface area (Å²) in [5.74, 6) is 0. The highest BCUT2D eigenvalue weighted by Gasteiger charge is 2.36. The summed E-state index contributed by atoms with van der Waals surface area (Å²) in [5.41, 5.74) is 0.617. The third-order valence-corrected chi connectivity index (χ3v) is 3.96. The zero-order valence-corrected chi connectivity index (χ0v) is 9.16. The molecule has 1 nitrogen and oxygen atoms in total. The van der Waals surface area contributed by atoms with Crippen molar-refractivity contribution in [2.24, 2.45) is 5.41 Å². The minimum absolute atomic E-state index is 0.525. The summed E-state index contributed by atoms with van der Waals surface area (Å²) in [6.45, 7) is 5.78. The molecule has 0 spiro atoms. The summed E-state index contributed by atoms with van der Waals surface area (Å²) in [7, 11) is 0. The first-order valence-electron chi connectivity index (χ1n) is 4.96. The topological polar surface area (TPSA) is 12.0 Å². The summed E-state index contributed by atoms with van der Waals surface area (Å²) >= 11 is 1.84. The number of nitrogens with one attached hydrogen (secondary N) is 1. The minimum Gasteiger partial charge on any atom is -0.309 e. The van der Waals surface area contributed by atoms with Crippen LogP contribution in [0.15, 0.2) is 17.5 Å². The van der Waals surface area contributed by atoms with Crippen LogP contribution in [-0.2, 0) is 0 Å². The largest absolute Gasteiger partial charge is 0.309 e. The minimum atomic E-state index is 0.525. The second kappa shape index (κ2) is 3.43. The standard InChI is InChI=1S/C11H17NS/c1-9(10-4-3-7-13-10)12-8-11(2)5-6-11/h3-4,7,9,12H,5-6,8H2,1-2H3. The van der Waals surface area contributed by atoms with Crippen LogP contribution in [0.25, 0.3) is 0 Å². The van der Waals surface area contributed by atoms with Gasteiger partial charge in [0.1, 0.15) is 0 Å². The first-order chi connectivity index (χ1) is 6.20. The lowest BCUT2D eigenvalue weighted by Crippen LogP contribution is -2.24. The molecule has 1 saturated carbocycles. The molecule has 0 bridgehead atoms. The van der Waals surface area contributed by atoms with Crippen molar-refractivity contribution >= 4 is 11.3 Å². The molecule has 1 heterocycles. The van der Waals surface area contributed by atoms with Gasteiger partial charge in [0.25, 0.3) is 0 Å². The van der Waals surface area contributed by atoms with E-state index in [1.54, 1.807) is 0 Å². The van der Waals surface area contributed by atoms with Crippen molar-refractivity contribution in [2.45, 2.75) is 32.7 Å². The molecular formula is C11H17NS. The van der Waals surface area contributed by atoms with Gasteiger partial charge in [-0.2, -0.15) is 0 Å². The van der Waals surface area contributed by atoms with Crippen LogP contribution in [0.1, 0.15) is 37.6 Å². The Labute approximate surface area is 84.2 Å². The van der Waals surface area contributed by atoms with Gasteiger partial charge in [0.2, 0.25) is 0 Å². The van der Waals surface area contributed by atoms with E-state index in [-0.39, 0.29) is 0 Å². The number of rotatable bonds is 4. The Morgan fingerprint density at radius 1 is 1.62 bits per heavy atom. The molecule has 2 rings (SSSR count). The molecule has 1 aromatic rings. The second-order valence-electron chi connectivity index (χ2n) is 4.43. The summed E-state index contributed by atoms with van der Waals surface area (Å²) in [6, 6.07) is 4.85. The van der Waals surface area contributed by atoms with Gasteiger partial charge in [0, 0.05) is 17.5 Å². The molecule has 1 aliphatic carbocycles. The molecule has 0 radical (unpaired) electrons. The number of hydrogen-bond donors (Lipinski definition) is 1. The summed E-state index contributed by atoms with van der Waals surface area (Å²) < 4.78 is 0. The molecule has 1 aromatic heterocycles. The average Bonchev–Trinajstić information content (AvgIpc) is 2.69. The van der Waals surface area contributed by atoms with Crippen LogP contribution in [-0.4, -0.2) is 6.54 Å². The fraction of sp³-hybridized carbons (Fsp3) is 0.636. The van der Waals surface area contributed by atoms with E-state index in [2.05, 4.69) is 36.7 Å². The lowest BCUT2D eigenvalue weighted by Gasteiger charge is -2.15. The molecule has 72 valence electrons. The first kappa shape index (κ1) is 9.22. The predicted octanol–water partition coefficient (Wildman–Crippen LogP) is 3.20. The van der Waals surface area contributed by atoms with Gasteiger partial charge in [-0.3, -0.25) is 0 Å².